The number of anilines is 1. The van der Waals surface area contributed by atoms with E-state index in [1.165, 1.54) is 0 Å². The van der Waals surface area contributed by atoms with Gasteiger partial charge in [-0.25, -0.2) is 0 Å². The summed E-state index contributed by atoms with van der Waals surface area (Å²) in [6.45, 7) is 0.633. The van der Waals surface area contributed by atoms with Crippen molar-refractivity contribution in [2.24, 2.45) is 4.99 Å². The molecule has 0 spiro atoms. The van der Waals surface area contributed by atoms with Crippen LogP contribution in [0.5, 0.6) is 0 Å². The average molecular weight is 179 g/mol. The van der Waals surface area contributed by atoms with Gasteiger partial charge in [-0.1, -0.05) is 0 Å². The van der Waals surface area contributed by atoms with Gasteiger partial charge < -0.3 is 10.4 Å². The zero-order chi connectivity index (χ0) is 9.52. The van der Waals surface area contributed by atoms with Crippen LogP contribution in [0.4, 0.5) is 5.69 Å². The predicted molar refractivity (Wildman–Crippen MR) is 53.3 cm³/mol. The van der Waals surface area contributed by atoms with E-state index >= 15 is 0 Å². The number of rotatable bonds is 4. The summed E-state index contributed by atoms with van der Waals surface area (Å²) in [5.41, 5.74) is 1.68. The van der Waals surface area contributed by atoms with Crippen molar-refractivity contribution in [2.45, 2.75) is 0 Å². The lowest BCUT2D eigenvalue weighted by Crippen LogP contribution is -2.08. The second-order valence-corrected chi connectivity index (χ2v) is 2.47. The monoisotopic (exact) mass is 179 g/mol. The molecule has 0 saturated heterocycles. The highest BCUT2D eigenvalue weighted by Gasteiger charge is 1.97. The highest BCUT2D eigenvalue weighted by atomic mass is 16.3. The van der Waals surface area contributed by atoms with Crippen molar-refractivity contribution in [3.05, 3.63) is 24.0 Å². The number of aromatic nitrogens is 1. The standard InChI is InChI=1S/C9H13N3O/c1-10-7-9-8(12-5-6-13)3-2-4-11-9/h2-4,7,12-13H,5-6H2,1H3/b10-7-. The molecule has 1 heterocycles. The molecule has 0 saturated carbocycles. The van der Waals surface area contributed by atoms with Crippen LogP contribution in [-0.2, 0) is 0 Å². The second kappa shape index (κ2) is 5.27. The molecule has 0 amide bonds. The lowest BCUT2D eigenvalue weighted by Gasteiger charge is -2.05. The first-order valence-corrected chi connectivity index (χ1v) is 4.10. The fraction of sp³-hybridized carbons (Fsp3) is 0.333. The Morgan fingerprint density at radius 2 is 2.54 bits per heavy atom. The van der Waals surface area contributed by atoms with Crippen LogP contribution < -0.4 is 5.32 Å². The molecule has 0 atom stereocenters. The van der Waals surface area contributed by atoms with Gasteiger partial charge in [-0.05, 0) is 12.1 Å². The molecule has 0 aliphatic carbocycles. The quantitative estimate of drug-likeness (QED) is 0.663. The van der Waals surface area contributed by atoms with E-state index in [0.29, 0.717) is 6.54 Å². The fourth-order valence-electron chi connectivity index (χ4n) is 0.983. The molecule has 0 aliphatic heterocycles. The highest BCUT2D eigenvalue weighted by Crippen LogP contribution is 2.08. The predicted octanol–water partition coefficient (Wildman–Crippen LogP) is 0.534. The molecule has 1 aromatic rings. The minimum atomic E-state index is 0.109. The molecule has 4 nitrogen and oxygen atoms in total. The van der Waals surface area contributed by atoms with Crippen LogP contribution in [0, 0.1) is 0 Å². The molecule has 13 heavy (non-hydrogen) atoms. The molecule has 1 aromatic heterocycles. The van der Waals surface area contributed by atoms with E-state index in [-0.39, 0.29) is 6.61 Å². The Morgan fingerprint density at radius 3 is 3.23 bits per heavy atom. The zero-order valence-electron chi connectivity index (χ0n) is 7.57. The van der Waals surface area contributed by atoms with Crippen molar-refractivity contribution in [1.82, 2.24) is 4.98 Å². The number of aliphatic imine (C=N–C) groups is 1. The summed E-state index contributed by atoms with van der Waals surface area (Å²) in [7, 11) is 1.70. The average Bonchev–Trinajstić information content (AvgIpc) is 2.17. The normalized spacial score (nSPS) is 10.6. The van der Waals surface area contributed by atoms with Crippen molar-refractivity contribution >= 4 is 11.9 Å². The maximum absolute atomic E-state index is 8.63. The SMILES string of the molecule is C/N=C\c1ncccc1NCCO. The lowest BCUT2D eigenvalue weighted by molar-refractivity contribution is 0.311. The smallest absolute Gasteiger partial charge is 0.104 e. The van der Waals surface area contributed by atoms with Crippen LogP contribution in [0.15, 0.2) is 23.3 Å². The van der Waals surface area contributed by atoms with Crippen LogP contribution in [0.25, 0.3) is 0 Å². The van der Waals surface area contributed by atoms with Crippen molar-refractivity contribution < 1.29 is 5.11 Å². The van der Waals surface area contributed by atoms with E-state index in [1.807, 2.05) is 12.1 Å². The minimum absolute atomic E-state index is 0.109. The fourth-order valence-corrected chi connectivity index (χ4v) is 0.983. The first-order valence-electron chi connectivity index (χ1n) is 4.10. The van der Waals surface area contributed by atoms with Gasteiger partial charge in [0, 0.05) is 26.0 Å². The van der Waals surface area contributed by atoms with E-state index in [1.54, 1.807) is 19.5 Å². The number of hydrogen-bond donors (Lipinski definition) is 2. The van der Waals surface area contributed by atoms with Crippen LogP contribution in [-0.4, -0.2) is 36.5 Å². The molecule has 2 N–H and O–H groups in total. The summed E-state index contributed by atoms with van der Waals surface area (Å²) in [6.07, 6.45) is 3.39. The number of pyridine rings is 1. The van der Waals surface area contributed by atoms with Gasteiger partial charge in [0.1, 0.15) is 5.69 Å². The molecule has 0 unspecified atom stereocenters. The third-order valence-corrected chi connectivity index (χ3v) is 1.52. The number of hydrogen-bond acceptors (Lipinski definition) is 4. The Kier molecular flexibility index (Phi) is 3.92. The van der Waals surface area contributed by atoms with Crippen LogP contribution >= 0.6 is 0 Å². The highest BCUT2D eigenvalue weighted by molar-refractivity contribution is 5.84. The van der Waals surface area contributed by atoms with E-state index in [0.717, 1.165) is 11.4 Å². The van der Waals surface area contributed by atoms with Gasteiger partial charge in [-0.2, -0.15) is 0 Å². The number of aliphatic hydroxyl groups excluding tert-OH is 1. The van der Waals surface area contributed by atoms with Gasteiger partial charge in [0.25, 0.3) is 0 Å². The van der Waals surface area contributed by atoms with Crippen LogP contribution in [0.1, 0.15) is 5.69 Å². The lowest BCUT2D eigenvalue weighted by atomic mass is 10.3. The number of aliphatic hydroxyl groups is 1. The molecule has 0 radical (unpaired) electrons. The Morgan fingerprint density at radius 1 is 1.69 bits per heavy atom. The summed E-state index contributed by atoms with van der Waals surface area (Å²) in [5.74, 6) is 0. The van der Waals surface area contributed by atoms with Crippen LogP contribution in [0.3, 0.4) is 0 Å². The van der Waals surface area contributed by atoms with Crippen molar-refractivity contribution in [2.75, 3.05) is 25.5 Å². The molecular formula is C9H13N3O. The maximum Gasteiger partial charge on any atom is 0.104 e. The van der Waals surface area contributed by atoms with E-state index in [9.17, 15) is 0 Å². The first kappa shape index (κ1) is 9.67. The third kappa shape index (κ3) is 2.83. The second-order valence-electron chi connectivity index (χ2n) is 2.47. The first-order chi connectivity index (χ1) is 6.38. The molecule has 70 valence electrons. The third-order valence-electron chi connectivity index (χ3n) is 1.52. The van der Waals surface area contributed by atoms with Crippen molar-refractivity contribution in [1.29, 1.82) is 0 Å². The molecule has 0 aliphatic rings. The molecule has 4 heteroatoms. The summed E-state index contributed by atoms with van der Waals surface area (Å²) in [6, 6.07) is 3.74. The largest absolute Gasteiger partial charge is 0.395 e. The summed E-state index contributed by atoms with van der Waals surface area (Å²) >= 11 is 0. The van der Waals surface area contributed by atoms with E-state index in [4.69, 9.17) is 5.11 Å². The van der Waals surface area contributed by atoms with E-state index < -0.39 is 0 Å². The van der Waals surface area contributed by atoms with Gasteiger partial charge in [0.15, 0.2) is 0 Å². The molecule has 0 bridgehead atoms. The maximum atomic E-state index is 8.63. The van der Waals surface area contributed by atoms with E-state index in [2.05, 4.69) is 15.3 Å². The van der Waals surface area contributed by atoms with Crippen molar-refractivity contribution in [3.8, 4) is 0 Å². The van der Waals surface area contributed by atoms with Gasteiger partial charge in [-0.15, -0.1) is 0 Å². The van der Waals surface area contributed by atoms with Gasteiger partial charge in [0.05, 0.1) is 12.3 Å². The summed E-state index contributed by atoms with van der Waals surface area (Å²) < 4.78 is 0. The Labute approximate surface area is 77.4 Å². The van der Waals surface area contributed by atoms with Gasteiger partial charge >= 0.3 is 0 Å². The number of nitrogens with zero attached hydrogens (tertiary/aromatic N) is 2. The minimum Gasteiger partial charge on any atom is -0.395 e. The topological polar surface area (TPSA) is 57.5 Å². The molecule has 1 rings (SSSR count). The Bertz CT molecular complexity index is 286. The molecule has 0 aromatic carbocycles. The summed E-state index contributed by atoms with van der Waals surface area (Å²) in [4.78, 5) is 8.01. The molecular weight excluding hydrogens is 166 g/mol. The van der Waals surface area contributed by atoms with Gasteiger partial charge in [0.2, 0.25) is 0 Å². The zero-order valence-corrected chi connectivity index (χ0v) is 7.57. The van der Waals surface area contributed by atoms with Crippen LogP contribution in [0.2, 0.25) is 0 Å². The summed E-state index contributed by atoms with van der Waals surface area (Å²) in [5, 5.41) is 11.7. The van der Waals surface area contributed by atoms with Gasteiger partial charge in [-0.3, -0.25) is 9.98 Å². The Balaban J connectivity index is 2.78. The number of nitrogens with one attached hydrogen (secondary N) is 1. The van der Waals surface area contributed by atoms with Crippen molar-refractivity contribution in [3.63, 3.8) is 0 Å². The Hall–Kier alpha value is -1.42. The molecule has 0 fully saturated rings.